The fourth-order valence-corrected chi connectivity index (χ4v) is 2.07. The van der Waals surface area contributed by atoms with Crippen molar-refractivity contribution in [1.82, 2.24) is 16.0 Å². The van der Waals surface area contributed by atoms with Gasteiger partial charge in [-0.2, -0.15) is 8.78 Å². The third-order valence-corrected chi connectivity index (χ3v) is 3.21. The number of alkyl halides is 2. The van der Waals surface area contributed by atoms with E-state index in [1.165, 1.54) is 18.2 Å². The first kappa shape index (κ1) is 24.6. The van der Waals surface area contributed by atoms with E-state index in [1.807, 2.05) is 13.8 Å². The molecule has 1 rings (SSSR count). The standard InChI is InChI=1S/C16H23ClF2N4O2.HI/c1-3-7-21-14(24)10-23-16(20-4-2)22-9-11-8-12(17)5-6-13(11)25-15(18)19;/h5-6,8,15H,3-4,7,9-10H2,1-2H3,(H,21,24)(H2,20,22,23);1H. The first-order valence-corrected chi connectivity index (χ1v) is 8.36. The van der Waals surface area contributed by atoms with Crippen molar-refractivity contribution < 1.29 is 18.3 Å². The smallest absolute Gasteiger partial charge is 0.387 e. The quantitative estimate of drug-likeness (QED) is 0.274. The van der Waals surface area contributed by atoms with Crippen molar-refractivity contribution in [2.45, 2.75) is 33.4 Å². The summed E-state index contributed by atoms with van der Waals surface area (Å²) in [5.74, 6) is 0.244. The maximum absolute atomic E-state index is 12.5. The van der Waals surface area contributed by atoms with Gasteiger partial charge in [-0.25, -0.2) is 4.99 Å². The van der Waals surface area contributed by atoms with E-state index in [1.54, 1.807) is 0 Å². The second kappa shape index (κ2) is 13.8. The molecule has 0 radical (unpaired) electrons. The minimum Gasteiger partial charge on any atom is -0.434 e. The maximum atomic E-state index is 12.5. The Hall–Kier alpha value is -1.36. The zero-order valence-electron chi connectivity index (χ0n) is 14.7. The van der Waals surface area contributed by atoms with Crippen LogP contribution in [0.3, 0.4) is 0 Å². The molecule has 1 aromatic rings. The highest BCUT2D eigenvalue weighted by Gasteiger charge is 2.10. The first-order chi connectivity index (χ1) is 12.0. The van der Waals surface area contributed by atoms with Crippen LogP contribution in [0.5, 0.6) is 5.75 Å². The third kappa shape index (κ3) is 9.95. The van der Waals surface area contributed by atoms with Gasteiger partial charge in [0.25, 0.3) is 0 Å². The van der Waals surface area contributed by atoms with E-state index in [2.05, 4.69) is 25.7 Å². The highest BCUT2D eigenvalue weighted by molar-refractivity contribution is 14.0. The highest BCUT2D eigenvalue weighted by atomic mass is 127. The van der Waals surface area contributed by atoms with Crippen molar-refractivity contribution in [2.24, 2.45) is 4.99 Å². The van der Waals surface area contributed by atoms with Crippen molar-refractivity contribution in [3.05, 3.63) is 28.8 Å². The SMILES string of the molecule is CCCNC(=O)CNC(=NCc1cc(Cl)ccc1OC(F)F)NCC.I. The number of carbonyl (C=O) groups is 1. The molecule has 0 atom stereocenters. The van der Waals surface area contributed by atoms with Crippen molar-refractivity contribution in [3.8, 4) is 5.75 Å². The summed E-state index contributed by atoms with van der Waals surface area (Å²) in [7, 11) is 0. The van der Waals surface area contributed by atoms with Crippen LogP contribution in [0.2, 0.25) is 5.02 Å². The van der Waals surface area contributed by atoms with Crippen LogP contribution in [-0.2, 0) is 11.3 Å². The summed E-state index contributed by atoms with van der Waals surface area (Å²) in [6.45, 7) is 2.21. The predicted octanol–water partition coefficient (Wildman–Crippen LogP) is 3.14. The molecule has 0 saturated carbocycles. The number of guanidine groups is 1. The van der Waals surface area contributed by atoms with Gasteiger partial charge in [-0.05, 0) is 31.5 Å². The second-order valence-electron chi connectivity index (χ2n) is 5.03. The Morgan fingerprint density at radius 1 is 1.27 bits per heavy atom. The molecule has 0 fully saturated rings. The largest absolute Gasteiger partial charge is 0.434 e. The second-order valence-corrected chi connectivity index (χ2v) is 5.47. The summed E-state index contributed by atoms with van der Waals surface area (Å²) < 4.78 is 29.4. The van der Waals surface area contributed by atoms with Crippen LogP contribution in [0, 0.1) is 0 Å². The van der Waals surface area contributed by atoms with Gasteiger partial charge >= 0.3 is 6.61 Å². The number of nitrogens with zero attached hydrogens (tertiary/aromatic N) is 1. The summed E-state index contributed by atoms with van der Waals surface area (Å²) in [4.78, 5) is 15.9. The fraction of sp³-hybridized carbons (Fsp3) is 0.500. The van der Waals surface area contributed by atoms with E-state index < -0.39 is 6.61 Å². The molecular weight excluding hydrogens is 481 g/mol. The fourth-order valence-electron chi connectivity index (χ4n) is 1.88. The van der Waals surface area contributed by atoms with Crippen LogP contribution in [-0.4, -0.2) is 38.1 Å². The number of amides is 1. The molecule has 0 bridgehead atoms. The Morgan fingerprint density at radius 2 is 2.00 bits per heavy atom. The molecule has 0 aliphatic heterocycles. The summed E-state index contributed by atoms with van der Waals surface area (Å²) >= 11 is 5.91. The van der Waals surface area contributed by atoms with Crippen LogP contribution in [0.4, 0.5) is 8.78 Å². The number of rotatable bonds is 9. The van der Waals surface area contributed by atoms with E-state index in [0.717, 1.165) is 6.42 Å². The molecule has 3 N–H and O–H groups in total. The molecule has 26 heavy (non-hydrogen) atoms. The van der Waals surface area contributed by atoms with Gasteiger partial charge in [0.2, 0.25) is 5.91 Å². The molecular formula is C16H24ClF2IN4O2. The summed E-state index contributed by atoms with van der Waals surface area (Å²) in [5.41, 5.74) is 0.417. The van der Waals surface area contributed by atoms with E-state index >= 15 is 0 Å². The van der Waals surface area contributed by atoms with E-state index in [9.17, 15) is 13.6 Å². The molecule has 0 aliphatic rings. The Labute approximate surface area is 174 Å². The highest BCUT2D eigenvalue weighted by Crippen LogP contribution is 2.25. The van der Waals surface area contributed by atoms with E-state index in [4.69, 9.17) is 11.6 Å². The van der Waals surface area contributed by atoms with E-state index in [0.29, 0.717) is 29.6 Å². The molecule has 1 aromatic carbocycles. The number of nitrogens with one attached hydrogen (secondary N) is 3. The summed E-state index contributed by atoms with van der Waals surface area (Å²) in [5, 5.41) is 8.98. The van der Waals surface area contributed by atoms with Gasteiger partial charge in [0.15, 0.2) is 5.96 Å². The van der Waals surface area contributed by atoms with Crippen molar-refractivity contribution in [3.63, 3.8) is 0 Å². The molecule has 148 valence electrons. The molecule has 0 spiro atoms. The summed E-state index contributed by atoms with van der Waals surface area (Å²) in [6, 6.07) is 4.35. The number of ether oxygens (including phenoxy) is 1. The summed E-state index contributed by atoms with van der Waals surface area (Å²) in [6.07, 6.45) is 0.849. The number of benzene rings is 1. The number of hydrogen-bond donors (Lipinski definition) is 3. The average Bonchev–Trinajstić information content (AvgIpc) is 2.57. The molecule has 0 saturated heterocycles. The minimum atomic E-state index is -2.93. The molecule has 6 nitrogen and oxygen atoms in total. The normalized spacial score (nSPS) is 10.9. The van der Waals surface area contributed by atoms with Crippen LogP contribution in [0.15, 0.2) is 23.2 Å². The number of aliphatic imine (C=N–C) groups is 1. The number of halogens is 4. The topological polar surface area (TPSA) is 74.8 Å². The zero-order chi connectivity index (χ0) is 18.7. The Balaban J connectivity index is 0.00000625. The van der Waals surface area contributed by atoms with Crippen LogP contribution >= 0.6 is 35.6 Å². The van der Waals surface area contributed by atoms with Crippen molar-refractivity contribution in [1.29, 1.82) is 0 Å². The van der Waals surface area contributed by atoms with Gasteiger partial charge in [0.1, 0.15) is 5.75 Å². The maximum Gasteiger partial charge on any atom is 0.387 e. The first-order valence-electron chi connectivity index (χ1n) is 7.98. The Kier molecular flexibility index (Phi) is 13.1. The lowest BCUT2D eigenvalue weighted by Crippen LogP contribution is -2.43. The molecule has 1 amide bonds. The number of hydrogen-bond acceptors (Lipinski definition) is 3. The monoisotopic (exact) mass is 504 g/mol. The lowest BCUT2D eigenvalue weighted by molar-refractivity contribution is -0.120. The van der Waals surface area contributed by atoms with Crippen LogP contribution in [0.25, 0.3) is 0 Å². The van der Waals surface area contributed by atoms with Crippen LogP contribution in [0.1, 0.15) is 25.8 Å². The van der Waals surface area contributed by atoms with Gasteiger partial charge < -0.3 is 20.7 Å². The van der Waals surface area contributed by atoms with Crippen molar-refractivity contribution >= 4 is 47.4 Å². The zero-order valence-corrected chi connectivity index (χ0v) is 17.7. The molecule has 0 aliphatic carbocycles. The Morgan fingerprint density at radius 3 is 2.62 bits per heavy atom. The lowest BCUT2D eigenvalue weighted by Gasteiger charge is -2.13. The van der Waals surface area contributed by atoms with Gasteiger partial charge in [-0.3, -0.25) is 4.79 Å². The van der Waals surface area contributed by atoms with E-state index in [-0.39, 0.29) is 48.7 Å². The number of carbonyl (C=O) groups excluding carboxylic acids is 1. The molecule has 0 unspecified atom stereocenters. The van der Waals surface area contributed by atoms with Crippen LogP contribution < -0.4 is 20.7 Å². The average molecular weight is 505 g/mol. The third-order valence-electron chi connectivity index (χ3n) is 2.98. The van der Waals surface area contributed by atoms with Gasteiger partial charge in [-0.1, -0.05) is 18.5 Å². The van der Waals surface area contributed by atoms with Gasteiger partial charge in [0, 0.05) is 23.7 Å². The lowest BCUT2D eigenvalue weighted by atomic mass is 10.2. The molecule has 0 aromatic heterocycles. The minimum absolute atomic E-state index is 0. The van der Waals surface area contributed by atoms with Gasteiger partial charge in [-0.15, -0.1) is 24.0 Å². The molecule has 0 heterocycles. The predicted molar refractivity (Wildman–Crippen MR) is 110 cm³/mol. The molecule has 10 heteroatoms. The van der Waals surface area contributed by atoms with Crippen molar-refractivity contribution in [2.75, 3.05) is 19.6 Å². The van der Waals surface area contributed by atoms with Gasteiger partial charge in [0.05, 0.1) is 13.1 Å². The Bertz CT molecular complexity index is 591.